The third-order valence-corrected chi connectivity index (χ3v) is 3.58. The maximum Gasteiger partial charge on any atom is 0.164 e. The Bertz CT molecular complexity index is 625. The molecule has 0 bridgehead atoms. The largest absolute Gasteiger partial charge is 0.508 e. The van der Waals surface area contributed by atoms with Crippen molar-refractivity contribution >= 4 is 0 Å². The zero-order valence-electron chi connectivity index (χ0n) is 12.5. The Labute approximate surface area is 129 Å². The highest BCUT2D eigenvalue weighted by Crippen LogP contribution is 2.35. The van der Waals surface area contributed by atoms with Crippen molar-refractivity contribution in [3.05, 3.63) is 47.5 Å². The van der Waals surface area contributed by atoms with E-state index in [1.165, 1.54) is 12.1 Å². The summed E-state index contributed by atoms with van der Waals surface area (Å²) in [5, 5.41) is 41.5. The fraction of sp³-hybridized carbons (Fsp3) is 0.294. The first kappa shape index (κ1) is 16.0. The lowest BCUT2D eigenvalue weighted by Gasteiger charge is -2.15. The Balaban J connectivity index is 1.86. The van der Waals surface area contributed by atoms with Crippen molar-refractivity contribution in [2.75, 3.05) is 6.54 Å². The van der Waals surface area contributed by atoms with Gasteiger partial charge in [0.25, 0.3) is 0 Å². The van der Waals surface area contributed by atoms with Crippen LogP contribution in [0.1, 0.15) is 18.1 Å². The minimum absolute atomic E-state index is 0.0247. The van der Waals surface area contributed by atoms with Gasteiger partial charge in [-0.3, -0.25) is 0 Å². The lowest BCUT2D eigenvalue weighted by molar-refractivity contribution is 0.388. The molecule has 0 aliphatic carbocycles. The molecule has 0 radical (unpaired) electrons. The van der Waals surface area contributed by atoms with Crippen LogP contribution in [-0.2, 0) is 12.8 Å². The monoisotopic (exact) mass is 303 g/mol. The van der Waals surface area contributed by atoms with Gasteiger partial charge in [0, 0.05) is 11.6 Å². The van der Waals surface area contributed by atoms with E-state index >= 15 is 0 Å². The van der Waals surface area contributed by atoms with Gasteiger partial charge in [0.1, 0.15) is 11.5 Å². The fourth-order valence-electron chi connectivity index (χ4n) is 2.36. The molecule has 1 atom stereocenters. The molecule has 0 aliphatic rings. The highest BCUT2D eigenvalue weighted by molar-refractivity contribution is 5.51. The summed E-state index contributed by atoms with van der Waals surface area (Å²) in [6.45, 7) is 2.60. The second-order valence-electron chi connectivity index (χ2n) is 5.41. The number of rotatable bonds is 6. The number of hydrogen-bond acceptors (Lipinski definition) is 5. The molecule has 2 rings (SSSR count). The molecule has 2 aromatic rings. The van der Waals surface area contributed by atoms with Crippen molar-refractivity contribution in [3.8, 4) is 23.0 Å². The maximum atomic E-state index is 9.74. The summed E-state index contributed by atoms with van der Waals surface area (Å²) in [5.41, 5.74) is 1.45. The number of phenols is 4. The maximum absolute atomic E-state index is 9.74. The Morgan fingerprint density at radius 3 is 2.23 bits per heavy atom. The molecule has 2 aromatic carbocycles. The van der Waals surface area contributed by atoms with Crippen LogP contribution >= 0.6 is 0 Å². The van der Waals surface area contributed by atoms with Gasteiger partial charge in [0.05, 0.1) is 0 Å². The van der Waals surface area contributed by atoms with Gasteiger partial charge in [-0.1, -0.05) is 12.1 Å². The Morgan fingerprint density at radius 1 is 0.909 bits per heavy atom. The first-order valence-corrected chi connectivity index (χ1v) is 7.21. The van der Waals surface area contributed by atoms with Crippen LogP contribution in [0.15, 0.2) is 36.4 Å². The van der Waals surface area contributed by atoms with Crippen molar-refractivity contribution in [3.63, 3.8) is 0 Å². The molecule has 118 valence electrons. The van der Waals surface area contributed by atoms with Gasteiger partial charge in [-0.15, -0.1) is 0 Å². The molecule has 0 saturated carbocycles. The molecule has 0 aromatic heterocycles. The number of hydrogen-bond donors (Lipinski definition) is 5. The van der Waals surface area contributed by atoms with E-state index in [0.717, 1.165) is 12.0 Å². The van der Waals surface area contributed by atoms with Crippen LogP contribution < -0.4 is 5.32 Å². The Morgan fingerprint density at radius 2 is 1.55 bits per heavy atom. The van der Waals surface area contributed by atoms with Crippen LogP contribution in [0, 0.1) is 0 Å². The molecule has 0 saturated heterocycles. The molecule has 0 heterocycles. The Kier molecular flexibility index (Phi) is 5.12. The quantitative estimate of drug-likeness (QED) is 0.417. The normalized spacial score (nSPS) is 12.2. The summed E-state index contributed by atoms with van der Waals surface area (Å²) < 4.78 is 0. The highest BCUT2D eigenvalue weighted by Gasteiger charge is 2.12. The standard InChI is InChI=1S/C17H21NO4/c1-11(10-12-2-4-13(19)5-3-12)18-9-8-14-15(20)6-7-16(21)17(14)22/h2-7,11,18-22H,8-10H2,1H3. The lowest BCUT2D eigenvalue weighted by Crippen LogP contribution is -2.30. The van der Waals surface area contributed by atoms with Crippen molar-refractivity contribution in [1.82, 2.24) is 5.32 Å². The zero-order chi connectivity index (χ0) is 16.1. The van der Waals surface area contributed by atoms with Gasteiger partial charge in [-0.2, -0.15) is 0 Å². The van der Waals surface area contributed by atoms with Gasteiger partial charge >= 0.3 is 0 Å². The zero-order valence-corrected chi connectivity index (χ0v) is 12.5. The SMILES string of the molecule is CC(Cc1ccc(O)cc1)NCCc1c(O)ccc(O)c1O. The van der Waals surface area contributed by atoms with Gasteiger partial charge in [0.15, 0.2) is 11.5 Å². The first-order chi connectivity index (χ1) is 10.5. The topological polar surface area (TPSA) is 93.0 Å². The van der Waals surface area contributed by atoms with Crippen molar-refractivity contribution in [1.29, 1.82) is 0 Å². The van der Waals surface area contributed by atoms with E-state index in [1.807, 2.05) is 19.1 Å². The fourth-order valence-corrected chi connectivity index (χ4v) is 2.36. The smallest absolute Gasteiger partial charge is 0.164 e. The summed E-state index contributed by atoms with van der Waals surface area (Å²) in [5.74, 6) is -0.277. The average Bonchev–Trinajstić information content (AvgIpc) is 2.49. The predicted molar refractivity (Wildman–Crippen MR) is 84.4 cm³/mol. The number of nitrogens with one attached hydrogen (secondary N) is 1. The van der Waals surface area contributed by atoms with Crippen LogP contribution in [0.3, 0.4) is 0 Å². The van der Waals surface area contributed by atoms with Crippen molar-refractivity contribution < 1.29 is 20.4 Å². The molecule has 0 fully saturated rings. The summed E-state index contributed by atoms with van der Waals surface area (Å²) in [4.78, 5) is 0. The lowest BCUT2D eigenvalue weighted by atomic mass is 10.1. The number of phenolic OH excluding ortho intramolecular Hbond substituents is 4. The van der Waals surface area contributed by atoms with Crippen molar-refractivity contribution in [2.24, 2.45) is 0 Å². The third kappa shape index (κ3) is 4.05. The minimum atomic E-state index is -0.270. The summed E-state index contributed by atoms with van der Waals surface area (Å²) >= 11 is 0. The molecule has 5 heteroatoms. The molecular formula is C17H21NO4. The van der Waals surface area contributed by atoms with E-state index in [4.69, 9.17) is 0 Å². The molecule has 0 amide bonds. The second kappa shape index (κ2) is 7.04. The molecule has 0 aliphatic heterocycles. The van der Waals surface area contributed by atoms with Crippen molar-refractivity contribution in [2.45, 2.75) is 25.8 Å². The van der Waals surface area contributed by atoms with E-state index in [1.54, 1.807) is 12.1 Å². The van der Waals surface area contributed by atoms with Gasteiger partial charge in [0.2, 0.25) is 0 Å². The van der Waals surface area contributed by atoms with Crippen LogP contribution in [0.2, 0.25) is 0 Å². The minimum Gasteiger partial charge on any atom is -0.508 e. The van der Waals surface area contributed by atoms with Crippen LogP contribution in [0.4, 0.5) is 0 Å². The molecule has 1 unspecified atom stereocenters. The molecule has 0 spiro atoms. The van der Waals surface area contributed by atoms with E-state index in [0.29, 0.717) is 18.5 Å². The third-order valence-electron chi connectivity index (χ3n) is 3.58. The Hall–Kier alpha value is -2.40. The molecule has 5 N–H and O–H groups in total. The van der Waals surface area contributed by atoms with Gasteiger partial charge in [-0.05, 0) is 56.1 Å². The summed E-state index contributed by atoms with van der Waals surface area (Å²) in [6, 6.07) is 9.89. The van der Waals surface area contributed by atoms with E-state index in [9.17, 15) is 20.4 Å². The molecule has 22 heavy (non-hydrogen) atoms. The van der Waals surface area contributed by atoms with E-state index in [-0.39, 0.29) is 29.0 Å². The highest BCUT2D eigenvalue weighted by atomic mass is 16.3. The second-order valence-corrected chi connectivity index (χ2v) is 5.41. The van der Waals surface area contributed by atoms with E-state index < -0.39 is 0 Å². The van der Waals surface area contributed by atoms with E-state index in [2.05, 4.69) is 5.32 Å². The molecular weight excluding hydrogens is 282 g/mol. The van der Waals surface area contributed by atoms with Gasteiger partial charge in [-0.25, -0.2) is 0 Å². The summed E-state index contributed by atoms with van der Waals surface area (Å²) in [7, 11) is 0. The predicted octanol–water partition coefficient (Wildman–Crippen LogP) is 2.27. The number of benzene rings is 2. The van der Waals surface area contributed by atoms with Crippen LogP contribution in [-0.4, -0.2) is 33.0 Å². The van der Waals surface area contributed by atoms with Gasteiger partial charge < -0.3 is 25.7 Å². The molecule has 5 nitrogen and oxygen atoms in total. The average molecular weight is 303 g/mol. The van der Waals surface area contributed by atoms with Crippen LogP contribution in [0.25, 0.3) is 0 Å². The summed E-state index contributed by atoms with van der Waals surface area (Å²) in [6.07, 6.45) is 1.21. The number of aromatic hydroxyl groups is 4. The first-order valence-electron chi connectivity index (χ1n) is 7.21. The van der Waals surface area contributed by atoms with Crippen LogP contribution in [0.5, 0.6) is 23.0 Å².